The first-order valence-corrected chi connectivity index (χ1v) is 10.9. The zero-order valence-corrected chi connectivity index (χ0v) is 21.1. The van der Waals surface area contributed by atoms with Gasteiger partial charge in [0.1, 0.15) is 0 Å². The van der Waals surface area contributed by atoms with Gasteiger partial charge in [-0.05, 0) is 38.5 Å². The predicted molar refractivity (Wildman–Crippen MR) is 126 cm³/mol. The van der Waals surface area contributed by atoms with Crippen LogP contribution in [0.25, 0.3) is 0 Å². The van der Waals surface area contributed by atoms with Crippen LogP contribution in [0.3, 0.4) is 0 Å². The molecule has 166 valence electrons. The van der Waals surface area contributed by atoms with E-state index in [1.54, 1.807) is 35.2 Å². The molecule has 0 amide bonds. The van der Waals surface area contributed by atoms with Gasteiger partial charge < -0.3 is 24.4 Å². The first-order chi connectivity index (χ1) is 13.2. The molecule has 0 radical (unpaired) electrons. The average Bonchev–Trinajstić information content (AvgIpc) is 2.66. The Bertz CT molecular complexity index is 802. The van der Waals surface area contributed by atoms with E-state index in [-0.39, 0.29) is 29.7 Å². The van der Waals surface area contributed by atoms with Crippen molar-refractivity contribution < 1.29 is 22.6 Å². The molecular formula is C19H32IN3O5S. The SMILES string of the molecule is CCNC(=NCc1cc(OC)c(OC)c(OC)c1)N1CCS(=O)(=O)C(C)(C)C1.I. The number of benzene rings is 1. The van der Waals surface area contributed by atoms with Gasteiger partial charge in [0.2, 0.25) is 5.75 Å². The largest absolute Gasteiger partial charge is 0.493 e. The molecule has 1 aliphatic rings. The Balaban J connectivity index is 0.00000420. The fraction of sp³-hybridized carbons (Fsp3) is 0.632. The van der Waals surface area contributed by atoms with Gasteiger partial charge in [-0.1, -0.05) is 0 Å². The van der Waals surface area contributed by atoms with E-state index in [0.717, 1.165) is 5.56 Å². The lowest BCUT2D eigenvalue weighted by Gasteiger charge is -2.39. The highest BCUT2D eigenvalue weighted by molar-refractivity contribution is 14.0. The highest BCUT2D eigenvalue weighted by Crippen LogP contribution is 2.38. The summed E-state index contributed by atoms with van der Waals surface area (Å²) in [5.74, 6) is 2.49. The Morgan fingerprint density at radius 1 is 1.17 bits per heavy atom. The molecule has 1 heterocycles. The van der Waals surface area contributed by atoms with Crippen molar-refractivity contribution in [3.8, 4) is 17.2 Å². The summed E-state index contributed by atoms with van der Waals surface area (Å²) in [6.07, 6.45) is 0. The topological polar surface area (TPSA) is 89.5 Å². The molecule has 0 atom stereocenters. The van der Waals surface area contributed by atoms with Crippen molar-refractivity contribution in [2.45, 2.75) is 32.1 Å². The minimum atomic E-state index is -3.11. The van der Waals surface area contributed by atoms with Gasteiger partial charge in [-0.2, -0.15) is 0 Å². The van der Waals surface area contributed by atoms with Gasteiger partial charge in [-0.3, -0.25) is 0 Å². The Hall–Kier alpha value is -1.43. The standard InChI is InChI=1S/C19H31N3O5S.HI/c1-7-20-18(22-8-9-28(23,24)19(2,3)13-22)21-12-14-10-15(25-4)17(27-6)16(11-14)26-5;/h10-11H,7-9,12-13H2,1-6H3,(H,20,21);1H. The van der Waals surface area contributed by atoms with Gasteiger partial charge in [-0.15, -0.1) is 24.0 Å². The molecule has 1 fully saturated rings. The summed E-state index contributed by atoms with van der Waals surface area (Å²) in [5, 5.41) is 3.26. The molecule has 1 aromatic rings. The summed E-state index contributed by atoms with van der Waals surface area (Å²) in [6, 6.07) is 3.72. The zero-order chi connectivity index (χ0) is 20.9. The maximum absolute atomic E-state index is 12.3. The van der Waals surface area contributed by atoms with Crippen LogP contribution in [0.4, 0.5) is 0 Å². The molecule has 29 heavy (non-hydrogen) atoms. The fourth-order valence-corrected chi connectivity index (χ4v) is 4.51. The lowest BCUT2D eigenvalue weighted by atomic mass is 10.1. The third-order valence-corrected chi connectivity index (χ3v) is 7.35. The van der Waals surface area contributed by atoms with Crippen LogP contribution in [0.2, 0.25) is 0 Å². The van der Waals surface area contributed by atoms with Gasteiger partial charge in [-0.25, -0.2) is 13.4 Å². The van der Waals surface area contributed by atoms with Crippen molar-refractivity contribution >= 4 is 39.8 Å². The van der Waals surface area contributed by atoms with E-state index in [1.807, 2.05) is 24.0 Å². The monoisotopic (exact) mass is 541 g/mol. The number of nitrogens with one attached hydrogen (secondary N) is 1. The van der Waals surface area contributed by atoms with Gasteiger partial charge in [0.15, 0.2) is 27.3 Å². The Kier molecular flexibility index (Phi) is 9.32. The summed E-state index contributed by atoms with van der Waals surface area (Å²) in [7, 11) is 1.60. The van der Waals surface area contributed by atoms with Crippen molar-refractivity contribution in [1.29, 1.82) is 0 Å². The lowest BCUT2D eigenvalue weighted by Crippen LogP contribution is -2.57. The van der Waals surface area contributed by atoms with Crippen LogP contribution in [-0.2, 0) is 16.4 Å². The van der Waals surface area contributed by atoms with E-state index in [1.165, 1.54) is 0 Å². The molecule has 1 N–H and O–H groups in total. The molecule has 1 aliphatic heterocycles. The molecule has 8 nitrogen and oxygen atoms in total. The molecule has 2 rings (SSSR count). The van der Waals surface area contributed by atoms with Crippen molar-refractivity contribution in [1.82, 2.24) is 10.2 Å². The number of halogens is 1. The van der Waals surface area contributed by atoms with Crippen LogP contribution < -0.4 is 19.5 Å². The van der Waals surface area contributed by atoms with E-state index in [4.69, 9.17) is 19.2 Å². The minimum Gasteiger partial charge on any atom is -0.493 e. The smallest absolute Gasteiger partial charge is 0.203 e. The zero-order valence-electron chi connectivity index (χ0n) is 17.9. The van der Waals surface area contributed by atoms with E-state index in [0.29, 0.717) is 49.4 Å². The van der Waals surface area contributed by atoms with Crippen LogP contribution in [0.15, 0.2) is 17.1 Å². The number of aliphatic imine (C=N–C) groups is 1. The summed E-state index contributed by atoms with van der Waals surface area (Å²) in [4.78, 5) is 6.71. The van der Waals surface area contributed by atoms with Gasteiger partial charge in [0.25, 0.3) is 0 Å². The number of guanidine groups is 1. The lowest BCUT2D eigenvalue weighted by molar-refractivity contribution is 0.323. The molecule has 0 unspecified atom stereocenters. The second-order valence-corrected chi connectivity index (χ2v) is 9.95. The maximum Gasteiger partial charge on any atom is 0.203 e. The molecule has 1 saturated heterocycles. The fourth-order valence-electron chi connectivity index (χ4n) is 3.14. The van der Waals surface area contributed by atoms with Crippen molar-refractivity contribution in [3.63, 3.8) is 0 Å². The number of methoxy groups -OCH3 is 3. The van der Waals surface area contributed by atoms with Crippen molar-refractivity contribution in [3.05, 3.63) is 17.7 Å². The number of ether oxygens (including phenoxy) is 3. The summed E-state index contributed by atoms with van der Waals surface area (Å²) >= 11 is 0. The van der Waals surface area contributed by atoms with E-state index in [9.17, 15) is 8.42 Å². The highest BCUT2D eigenvalue weighted by Gasteiger charge is 2.40. The van der Waals surface area contributed by atoms with Gasteiger partial charge >= 0.3 is 0 Å². The predicted octanol–water partition coefficient (Wildman–Crippen LogP) is 2.30. The molecule has 0 aromatic heterocycles. The number of hydrogen-bond acceptors (Lipinski definition) is 6. The molecule has 0 saturated carbocycles. The summed E-state index contributed by atoms with van der Waals surface area (Å²) in [6.45, 7) is 7.42. The minimum absolute atomic E-state index is 0. The number of nitrogens with zero attached hydrogens (tertiary/aromatic N) is 2. The summed E-state index contributed by atoms with van der Waals surface area (Å²) in [5.41, 5.74) is 0.897. The van der Waals surface area contributed by atoms with E-state index in [2.05, 4.69) is 5.32 Å². The van der Waals surface area contributed by atoms with E-state index >= 15 is 0 Å². The van der Waals surface area contributed by atoms with Crippen LogP contribution in [-0.4, -0.2) is 70.7 Å². The quantitative estimate of drug-likeness (QED) is 0.336. The molecule has 0 spiro atoms. The van der Waals surface area contributed by atoms with Crippen LogP contribution in [0.1, 0.15) is 26.3 Å². The van der Waals surface area contributed by atoms with Crippen LogP contribution in [0, 0.1) is 0 Å². The first-order valence-electron chi connectivity index (χ1n) is 9.23. The Morgan fingerprint density at radius 2 is 1.76 bits per heavy atom. The molecule has 10 heteroatoms. The third-order valence-electron chi connectivity index (χ3n) is 4.81. The second-order valence-electron chi connectivity index (χ2n) is 7.20. The normalized spacial score (nSPS) is 17.9. The highest BCUT2D eigenvalue weighted by atomic mass is 127. The maximum atomic E-state index is 12.3. The number of hydrogen-bond donors (Lipinski definition) is 1. The van der Waals surface area contributed by atoms with Crippen molar-refractivity contribution in [2.24, 2.45) is 4.99 Å². The molecule has 1 aromatic carbocycles. The molecular weight excluding hydrogens is 509 g/mol. The average molecular weight is 541 g/mol. The van der Waals surface area contributed by atoms with Crippen LogP contribution in [0.5, 0.6) is 17.2 Å². The number of rotatable bonds is 6. The van der Waals surface area contributed by atoms with Crippen molar-refractivity contribution in [2.75, 3.05) is 46.7 Å². The van der Waals surface area contributed by atoms with Crippen LogP contribution >= 0.6 is 24.0 Å². The molecule has 0 aliphatic carbocycles. The van der Waals surface area contributed by atoms with Gasteiger partial charge in [0, 0.05) is 19.6 Å². The number of sulfone groups is 1. The second kappa shape index (κ2) is 10.6. The van der Waals surface area contributed by atoms with Gasteiger partial charge in [0.05, 0.1) is 38.4 Å². The third kappa shape index (κ3) is 5.80. The Morgan fingerprint density at radius 3 is 2.21 bits per heavy atom. The first kappa shape index (κ1) is 25.6. The summed E-state index contributed by atoms with van der Waals surface area (Å²) < 4.78 is 39.9. The Labute approximate surface area is 190 Å². The molecule has 0 bridgehead atoms. The van der Waals surface area contributed by atoms with E-state index < -0.39 is 14.6 Å².